The summed E-state index contributed by atoms with van der Waals surface area (Å²) in [4.78, 5) is 0. The average molecular weight is 245 g/mol. The molecule has 1 saturated carbocycles. The van der Waals surface area contributed by atoms with Crippen LogP contribution < -0.4 is 0 Å². The van der Waals surface area contributed by atoms with Gasteiger partial charge in [-0.2, -0.15) is 11.1 Å². The maximum absolute atomic E-state index is 6.54. The van der Waals surface area contributed by atoms with E-state index in [9.17, 15) is 0 Å². The van der Waals surface area contributed by atoms with Gasteiger partial charge < -0.3 is 0 Å². The summed E-state index contributed by atoms with van der Waals surface area (Å²) < 4.78 is 0. The van der Waals surface area contributed by atoms with Gasteiger partial charge in [0, 0.05) is 0 Å². The molecule has 0 spiro atoms. The monoisotopic (exact) mass is 244 g/mol. The fourth-order valence-corrected chi connectivity index (χ4v) is 6.32. The molecular weight excluding hydrogens is 220 g/mol. The molecule has 2 rings (SSSR count). The van der Waals surface area contributed by atoms with E-state index < -0.39 is 7.38 Å². The minimum atomic E-state index is -1.24. The van der Waals surface area contributed by atoms with Crippen LogP contribution in [0.25, 0.3) is 0 Å². The lowest BCUT2D eigenvalue weighted by molar-refractivity contribution is 0.198. The number of halogens is 1. The van der Waals surface area contributed by atoms with E-state index in [4.69, 9.17) is 11.1 Å². The number of hydrogen-bond acceptors (Lipinski definition) is 0. The molecule has 15 heavy (non-hydrogen) atoms. The van der Waals surface area contributed by atoms with Gasteiger partial charge in [-0.3, -0.25) is 0 Å². The van der Waals surface area contributed by atoms with Crippen LogP contribution >= 0.6 is 11.1 Å². The second-order valence-electron chi connectivity index (χ2n) is 6.27. The van der Waals surface area contributed by atoms with E-state index in [0.717, 1.165) is 17.8 Å². The van der Waals surface area contributed by atoms with Gasteiger partial charge in [-0.25, -0.2) is 0 Å². The van der Waals surface area contributed by atoms with Crippen molar-refractivity contribution in [2.24, 2.45) is 17.8 Å². The molecule has 0 aromatic rings. The van der Waals surface area contributed by atoms with E-state index in [1.165, 1.54) is 50.6 Å². The highest BCUT2D eigenvalue weighted by Gasteiger charge is 2.35. The minimum absolute atomic E-state index is 0.998. The van der Waals surface area contributed by atoms with Crippen LogP contribution in [0.2, 0.25) is 18.6 Å². The van der Waals surface area contributed by atoms with E-state index in [0.29, 0.717) is 0 Å². The zero-order valence-electron chi connectivity index (χ0n) is 10.3. The van der Waals surface area contributed by atoms with Crippen molar-refractivity contribution in [3.63, 3.8) is 0 Å². The van der Waals surface area contributed by atoms with Crippen LogP contribution in [0, 0.1) is 17.8 Å². The highest BCUT2D eigenvalue weighted by molar-refractivity contribution is 7.19. The van der Waals surface area contributed by atoms with Gasteiger partial charge in [-0.15, -0.1) is 0 Å². The Morgan fingerprint density at radius 2 is 1.33 bits per heavy atom. The lowest BCUT2D eigenvalue weighted by atomic mass is 9.74. The molecule has 0 bridgehead atoms. The van der Waals surface area contributed by atoms with Crippen LogP contribution in [0.3, 0.4) is 0 Å². The largest absolute Gasteiger partial charge is 0.167 e. The summed E-state index contributed by atoms with van der Waals surface area (Å²) in [7, 11) is -1.24. The number of rotatable bonds is 1. The number of hydrogen-bond donors (Lipinski definition) is 0. The molecule has 0 aromatic carbocycles. The third-order valence-electron chi connectivity index (χ3n) is 4.80. The molecule has 0 atom stereocenters. The molecule has 2 heteroatoms. The van der Waals surface area contributed by atoms with Crippen molar-refractivity contribution in [2.75, 3.05) is 0 Å². The SMILES string of the molecule is CC1CCC(C2CC[Si](C)(Cl)CC2)CC1. The highest BCUT2D eigenvalue weighted by atomic mass is 35.6. The van der Waals surface area contributed by atoms with E-state index in [-0.39, 0.29) is 0 Å². The lowest BCUT2D eigenvalue weighted by Gasteiger charge is -2.38. The summed E-state index contributed by atoms with van der Waals surface area (Å²) >= 11 is 6.54. The summed E-state index contributed by atoms with van der Waals surface area (Å²) in [6, 6.07) is 2.76. The normalized spacial score (nSPS) is 47.8. The topological polar surface area (TPSA) is 0 Å². The predicted octanol–water partition coefficient (Wildman–Crippen LogP) is 5.04. The van der Waals surface area contributed by atoms with Crippen molar-refractivity contribution in [3.05, 3.63) is 0 Å². The molecule has 0 N–H and O–H groups in total. The highest BCUT2D eigenvalue weighted by Crippen LogP contribution is 2.43. The lowest BCUT2D eigenvalue weighted by Crippen LogP contribution is -2.32. The van der Waals surface area contributed by atoms with Crippen molar-refractivity contribution < 1.29 is 0 Å². The Labute approximate surface area is 100 Å². The molecule has 2 aliphatic rings. The van der Waals surface area contributed by atoms with Gasteiger partial charge in [-0.05, 0) is 42.7 Å². The fourth-order valence-electron chi connectivity index (χ4n) is 3.47. The summed E-state index contributed by atoms with van der Waals surface area (Å²) in [6.45, 7) is 4.77. The zero-order valence-corrected chi connectivity index (χ0v) is 12.0. The molecule has 2 fully saturated rings. The summed E-state index contributed by atoms with van der Waals surface area (Å²) in [5.41, 5.74) is 0. The van der Waals surface area contributed by atoms with Gasteiger partial charge in [0.1, 0.15) is 0 Å². The first-order valence-corrected chi connectivity index (χ1v) is 10.7. The standard InChI is InChI=1S/C13H25ClSi/c1-11-3-5-12(6-4-11)13-7-9-15(2,14)10-8-13/h11-13H,3-10H2,1-2H3. The minimum Gasteiger partial charge on any atom is -0.167 e. The van der Waals surface area contributed by atoms with Crippen LogP contribution in [0.15, 0.2) is 0 Å². The van der Waals surface area contributed by atoms with Gasteiger partial charge in [-0.1, -0.05) is 39.2 Å². The molecule has 0 nitrogen and oxygen atoms in total. The molecular formula is C13H25ClSi. The Hall–Kier alpha value is 0.507. The molecule has 0 amide bonds. The third kappa shape index (κ3) is 3.23. The van der Waals surface area contributed by atoms with Crippen LogP contribution in [-0.2, 0) is 0 Å². The van der Waals surface area contributed by atoms with Gasteiger partial charge in [0.15, 0.2) is 7.38 Å². The summed E-state index contributed by atoms with van der Waals surface area (Å²) in [5, 5.41) is 0. The van der Waals surface area contributed by atoms with Crippen molar-refractivity contribution in [2.45, 2.75) is 64.1 Å². The second kappa shape index (κ2) is 4.79. The van der Waals surface area contributed by atoms with E-state index in [1.54, 1.807) is 0 Å². The molecule has 1 heterocycles. The smallest absolute Gasteiger partial charge is 0.153 e. The zero-order chi connectivity index (χ0) is 10.9. The maximum Gasteiger partial charge on any atom is 0.153 e. The fraction of sp³-hybridized carbons (Fsp3) is 1.00. The molecule has 1 saturated heterocycles. The van der Waals surface area contributed by atoms with Crippen molar-refractivity contribution in [1.29, 1.82) is 0 Å². The first kappa shape index (κ1) is 12.0. The van der Waals surface area contributed by atoms with Gasteiger partial charge in [0.05, 0.1) is 0 Å². The Morgan fingerprint density at radius 3 is 1.87 bits per heavy atom. The maximum atomic E-state index is 6.54. The van der Waals surface area contributed by atoms with Crippen molar-refractivity contribution in [1.82, 2.24) is 0 Å². The van der Waals surface area contributed by atoms with E-state index in [2.05, 4.69) is 13.5 Å². The average Bonchev–Trinajstić information content (AvgIpc) is 2.20. The quantitative estimate of drug-likeness (QED) is 0.448. The van der Waals surface area contributed by atoms with Crippen LogP contribution in [-0.4, -0.2) is 7.38 Å². The van der Waals surface area contributed by atoms with Crippen LogP contribution in [0.1, 0.15) is 45.4 Å². The Balaban J connectivity index is 1.80. The molecule has 88 valence electrons. The van der Waals surface area contributed by atoms with Gasteiger partial charge >= 0.3 is 0 Å². The van der Waals surface area contributed by atoms with E-state index >= 15 is 0 Å². The van der Waals surface area contributed by atoms with Crippen molar-refractivity contribution >= 4 is 18.5 Å². The van der Waals surface area contributed by atoms with Gasteiger partial charge in [0.2, 0.25) is 0 Å². The Morgan fingerprint density at radius 1 is 0.867 bits per heavy atom. The molecule has 1 aliphatic carbocycles. The van der Waals surface area contributed by atoms with Crippen molar-refractivity contribution in [3.8, 4) is 0 Å². The van der Waals surface area contributed by atoms with E-state index in [1.807, 2.05) is 0 Å². The van der Waals surface area contributed by atoms with Crippen LogP contribution in [0.4, 0.5) is 0 Å². The summed E-state index contributed by atoms with van der Waals surface area (Å²) in [6.07, 6.45) is 8.88. The third-order valence-corrected chi connectivity index (χ3v) is 8.60. The van der Waals surface area contributed by atoms with Crippen LogP contribution in [0.5, 0.6) is 0 Å². The molecule has 0 aromatic heterocycles. The summed E-state index contributed by atoms with van der Waals surface area (Å²) in [5.74, 6) is 3.09. The second-order valence-corrected chi connectivity index (χ2v) is 12.8. The predicted molar refractivity (Wildman–Crippen MR) is 70.9 cm³/mol. The molecule has 0 unspecified atom stereocenters. The Kier molecular flexibility index (Phi) is 3.82. The first-order chi connectivity index (χ1) is 7.07. The molecule has 1 aliphatic heterocycles. The molecule has 0 radical (unpaired) electrons. The Bertz CT molecular complexity index is 197. The van der Waals surface area contributed by atoms with Gasteiger partial charge in [0.25, 0.3) is 0 Å². The first-order valence-electron chi connectivity index (χ1n) is 6.76.